The number of H-pyrrole nitrogens is 1. The average molecular weight is 490 g/mol. The molecule has 6 nitrogen and oxygen atoms in total. The van der Waals surface area contributed by atoms with E-state index in [2.05, 4.69) is 20.7 Å². The van der Waals surface area contributed by atoms with Gasteiger partial charge in [-0.05, 0) is 42.0 Å². The lowest BCUT2D eigenvalue weighted by molar-refractivity contribution is -0.141. The molecule has 0 bridgehead atoms. The highest BCUT2D eigenvalue weighted by atomic mass is 35.5. The van der Waals surface area contributed by atoms with E-state index in [9.17, 15) is 31.1 Å². The maximum atomic E-state index is 12.9. The molecule has 2 aromatic carbocycles. The number of carbonyl (C=O) groups excluding carboxylic acids is 1. The Bertz CT molecular complexity index is 1150. The zero-order chi connectivity index (χ0) is 24.2. The van der Waals surface area contributed by atoms with E-state index >= 15 is 0 Å². The number of hydrogen-bond donors (Lipinski definition) is 3. The van der Waals surface area contributed by atoms with Crippen molar-refractivity contribution >= 4 is 29.3 Å². The highest BCUT2D eigenvalue weighted by Crippen LogP contribution is 2.30. The number of rotatable bonds is 4. The summed E-state index contributed by atoms with van der Waals surface area (Å²) < 4.78 is 77.2. The van der Waals surface area contributed by atoms with Crippen LogP contribution in [0.4, 0.5) is 32.2 Å². The summed E-state index contributed by atoms with van der Waals surface area (Å²) in [5, 5.41) is 10.4. The van der Waals surface area contributed by atoms with Crippen molar-refractivity contribution < 1.29 is 31.1 Å². The molecule has 0 aliphatic heterocycles. The number of amides is 1. The van der Waals surface area contributed by atoms with Crippen molar-refractivity contribution in [3.8, 4) is 0 Å². The average Bonchev–Trinajstić information content (AvgIpc) is 3.21. The van der Waals surface area contributed by atoms with Crippen LogP contribution in [0.25, 0.3) is 0 Å². The molecule has 0 fully saturated rings. The number of halogens is 7. The molecule has 1 heterocycles. The minimum Gasteiger partial charge on any atom is -0.309 e. The summed E-state index contributed by atoms with van der Waals surface area (Å²) >= 11 is 5.78. The van der Waals surface area contributed by atoms with Gasteiger partial charge >= 0.3 is 12.4 Å². The summed E-state index contributed by atoms with van der Waals surface area (Å²) in [6.07, 6.45) is -9.25. The maximum absolute atomic E-state index is 12.9. The molecule has 1 amide bonds. The van der Waals surface area contributed by atoms with Gasteiger partial charge in [-0.15, -0.1) is 0 Å². The van der Waals surface area contributed by atoms with Crippen LogP contribution in [0.15, 0.2) is 59.6 Å². The Morgan fingerprint density at radius 2 is 1.70 bits per heavy atom. The van der Waals surface area contributed by atoms with E-state index in [0.717, 1.165) is 12.1 Å². The molecule has 3 N–H and O–H groups in total. The van der Waals surface area contributed by atoms with E-state index in [-0.39, 0.29) is 29.4 Å². The van der Waals surface area contributed by atoms with Crippen LogP contribution in [0.1, 0.15) is 27.2 Å². The number of nitrogens with zero attached hydrogens (tertiary/aromatic N) is 2. The molecule has 0 aliphatic rings. The normalized spacial score (nSPS) is 12.5. The lowest BCUT2D eigenvalue weighted by atomic mass is 10.1. The van der Waals surface area contributed by atoms with Crippen LogP contribution in [0.2, 0.25) is 5.02 Å². The third kappa shape index (κ3) is 6.72. The Hall–Kier alpha value is -3.54. The van der Waals surface area contributed by atoms with Crippen molar-refractivity contribution in [1.82, 2.24) is 15.5 Å². The summed E-state index contributed by atoms with van der Waals surface area (Å²) in [6.45, 7) is -0.316. The quantitative estimate of drug-likeness (QED) is 0.257. The molecule has 13 heteroatoms. The van der Waals surface area contributed by atoms with Crippen molar-refractivity contribution in [3.63, 3.8) is 0 Å². The van der Waals surface area contributed by atoms with Crippen molar-refractivity contribution in [2.75, 3.05) is 5.32 Å². The van der Waals surface area contributed by atoms with Crippen LogP contribution in [0.3, 0.4) is 0 Å². The van der Waals surface area contributed by atoms with Gasteiger partial charge in [0.25, 0.3) is 5.91 Å². The fraction of sp³-hybridized carbons (Fsp3) is 0.150. The van der Waals surface area contributed by atoms with Gasteiger partial charge in [0, 0.05) is 16.7 Å². The minimum absolute atomic E-state index is 0.155. The molecule has 1 aromatic heterocycles. The topological polar surface area (TPSA) is 82.2 Å². The van der Waals surface area contributed by atoms with E-state index in [4.69, 9.17) is 11.6 Å². The lowest BCUT2D eigenvalue weighted by Gasteiger charge is -2.11. The van der Waals surface area contributed by atoms with E-state index in [1.54, 1.807) is 5.10 Å². The van der Waals surface area contributed by atoms with Crippen molar-refractivity contribution in [2.24, 2.45) is 4.99 Å². The summed E-state index contributed by atoms with van der Waals surface area (Å²) in [5.74, 6) is -1.33. The van der Waals surface area contributed by atoms with Crippen LogP contribution in [-0.4, -0.2) is 22.1 Å². The summed E-state index contributed by atoms with van der Waals surface area (Å²) in [7, 11) is 0. The molecular weight excluding hydrogens is 476 g/mol. The van der Waals surface area contributed by atoms with Crippen LogP contribution >= 0.6 is 11.6 Å². The van der Waals surface area contributed by atoms with Gasteiger partial charge in [0.05, 0.1) is 12.1 Å². The van der Waals surface area contributed by atoms with Crippen LogP contribution < -0.4 is 10.6 Å². The maximum Gasteiger partial charge on any atom is 0.432 e. The Morgan fingerprint density at radius 3 is 2.30 bits per heavy atom. The number of nitrogens with one attached hydrogen (secondary N) is 3. The Kier molecular flexibility index (Phi) is 6.96. The smallest absolute Gasteiger partial charge is 0.309 e. The highest BCUT2D eigenvalue weighted by molar-refractivity contribution is 6.30. The number of benzene rings is 2. The zero-order valence-corrected chi connectivity index (χ0v) is 17.1. The molecule has 0 aliphatic carbocycles. The Morgan fingerprint density at radius 1 is 1.00 bits per heavy atom. The fourth-order valence-corrected chi connectivity index (χ4v) is 2.69. The summed E-state index contributed by atoms with van der Waals surface area (Å²) in [6, 6.07) is 10.7. The number of anilines is 1. The third-order valence-corrected chi connectivity index (χ3v) is 4.39. The number of aromatic amines is 1. The number of aliphatic imine (C=N–C) groups is 1. The molecule has 0 atom stereocenters. The number of hydrogen-bond acceptors (Lipinski definition) is 3. The Labute approximate surface area is 187 Å². The number of alkyl halides is 6. The van der Waals surface area contributed by atoms with Crippen LogP contribution in [-0.2, 0) is 18.9 Å². The largest absolute Gasteiger partial charge is 0.432 e. The molecule has 0 saturated carbocycles. The molecule has 3 aromatic rings. The second-order valence-electron chi connectivity index (χ2n) is 6.61. The predicted molar refractivity (Wildman–Crippen MR) is 109 cm³/mol. The molecule has 3 rings (SSSR count). The van der Waals surface area contributed by atoms with Gasteiger partial charge in [-0.1, -0.05) is 23.7 Å². The van der Waals surface area contributed by atoms with Gasteiger partial charge < -0.3 is 5.32 Å². The molecule has 0 unspecified atom stereocenters. The lowest BCUT2D eigenvalue weighted by Crippen LogP contribution is -2.36. The zero-order valence-electron chi connectivity index (χ0n) is 16.4. The third-order valence-electron chi connectivity index (χ3n) is 4.14. The monoisotopic (exact) mass is 489 g/mol. The first-order valence-electron chi connectivity index (χ1n) is 9.09. The SMILES string of the molecule is O=C(NC(=NCc1cccc(C(F)(F)F)c1)Nc1cc(C(F)(F)F)[nH]n1)c1ccc(Cl)cc1. The number of aromatic nitrogens is 2. The molecule has 0 radical (unpaired) electrons. The second kappa shape index (κ2) is 9.53. The van der Waals surface area contributed by atoms with E-state index in [1.807, 2.05) is 0 Å². The second-order valence-corrected chi connectivity index (χ2v) is 7.05. The van der Waals surface area contributed by atoms with Gasteiger partial charge in [-0.2, -0.15) is 31.4 Å². The molecular formula is C20H14ClF6N5O. The first kappa shape index (κ1) is 24.1. The fourth-order valence-electron chi connectivity index (χ4n) is 2.56. The van der Waals surface area contributed by atoms with Crippen LogP contribution in [0, 0.1) is 0 Å². The van der Waals surface area contributed by atoms with E-state index in [1.165, 1.54) is 36.4 Å². The standard InChI is InChI=1S/C20H14ClF6N5O/c21-14-6-4-12(5-7-14)17(33)30-18(29-16-9-15(31-32-16)20(25,26)27)28-10-11-2-1-3-13(8-11)19(22,23)24/h1-9H,10H2,(H3,28,29,30,31,32,33). The summed E-state index contributed by atoms with van der Waals surface area (Å²) in [5.41, 5.74) is -1.72. The van der Waals surface area contributed by atoms with Crippen molar-refractivity contribution in [3.05, 3.63) is 82.0 Å². The molecule has 33 heavy (non-hydrogen) atoms. The van der Waals surface area contributed by atoms with Crippen molar-refractivity contribution in [1.29, 1.82) is 0 Å². The molecule has 0 saturated heterocycles. The predicted octanol–water partition coefficient (Wildman–Crippen LogP) is 5.50. The molecule has 0 spiro atoms. The first-order chi connectivity index (χ1) is 15.4. The van der Waals surface area contributed by atoms with Gasteiger partial charge in [-0.25, -0.2) is 4.99 Å². The Balaban J connectivity index is 1.85. The minimum atomic E-state index is -4.69. The first-order valence-corrected chi connectivity index (χ1v) is 9.47. The number of guanidine groups is 1. The molecule has 174 valence electrons. The van der Waals surface area contributed by atoms with Gasteiger partial charge in [-0.3, -0.25) is 15.2 Å². The van der Waals surface area contributed by atoms with Crippen molar-refractivity contribution in [2.45, 2.75) is 18.9 Å². The highest BCUT2D eigenvalue weighted by Gasteiger charge is 2.33. The number of carbonyl (C=O) groups is 1. The van der Waals surface area contributed by atoms with Crippen LogP contribution in [0.5, 0.6) is 0 Å². The summed E-state index contributed by atoms with van der Waals surface area (Å²) in [4.78, 5) is 16.5. The van der Waals surface area contributed by atoms with E-state index < -0.39 is 29.5 Å². The van der Waals surface area contributed by atoms with Gasteiger partial charge in [0.1, 0.15) is 5.69 Å². The van der Waals surface area contributed by atoms with Gasteiger partial charge in [0.2, 0.25) is 5.96 Å². The van der Waals surface area contributed by atoms with Gasteiger partial charge in [0.15, 0.2) is 5.82 Å². The van der Waals surface area contributed by atoms with E-state index in [0.29, 0.717) is 11.1 Å².